The number of anilines is 1. The van der Waals surface area contributed by atoms with E-state index in [1.54, 1.807) is 10.6 Å². The Bertz CT molecular complexity index is 1240. The highest BCUT2D eigenvalue weighted by Crippen LogP contribution is 2.35. The van der Waals surface area contributed by atoms with Crippen LogP contribution in [-0.2, 0) is 12.8 Å². The van der Waals surface area contributed by atoms with Gasteiger partial charge < -0.3 is 14.9 Å². The van der Waals surface area contributed by atoms with Crippen molar-refractivity contribution in [3.05, 3.63) is 64.2 Å². The molecule has 3 aromatic rings. The molecular weight excluding hydrogens is 404 g/mol. The summed E-state index contributed by atoms with van der Waals surface area (Å²) in [6.45, 7) is 4.17. The summed E-state index contributed by atoms with van der Waals surface area (Å²) in [4.78, 5) is 33.4. The number of rotatable bonds is 5. The van der Waals surface area contributed by atoms with Crippen molar-refractivity contribution >= 4 is 17.4 Å². The summed E-state index contributed by atoms with van der Waals surface area (Å²) in [7, 11) is 0. The van der Waals surface area contributed by atoms with Gasteiger partial charge in [-0.25, -0.2) is 9.78 Å². The number of carbonyl (C=O) groups is 1. The smallest absolute Gasteiger partial charge is 0.407 e. The van der Waals surface area contributed by atoms with Gasteiger partial charge in [0.15, 0.2) is 0 Å². The first-order chi connectivity index (χ1) is 15.6. The maximum atomic E-state index is 13.4. The number of likely N-dealkylation sites (tertiary alicyclic amines) is 1. The number of benzene rings is 1. The molecule has 2 aliphatic rings. The van der Waals surface area contributed by atoms with E-state index in [0.29, 0.717) is 24.3 Å². The topological polar surface area (TPSA) is 78.2 Å². The summed E-state index contributed by atoms with van der Waals surface area (Å²) in [6.07, 6.45) is 5.51. The second-order valence-electron chi connectivity index (χ2n) is 8.73. The number of aryl methyl sites for hydroxylation is 1. The first-order valence-corrected chi connectivity index (χ1v) is 11.4. The van der Waals surface area contributed by atoms with Crippen LogP contribution in [-0.4, -0.2) is 51.2 Å². The van der Waals surface area contributed by atoms with Crippen molar-refractivity contribution in [1.82, 2.24) is 14.3 Å². The third-order valence-corrected chi connectivity index (χ3v) is 6.75. The van der Waals surface area contributed by atoms with Gasteiger partial charge in [-0.05, 0) is 61.1 Å². The molecule has 32 heavy (non-hydrogen) atoms. The largest absolute Gasteiger partial charge is 0.465 e. The van der Waals surface area contributed by atoms with Crippen LogP contribution in [0.25, 0.3) is 16.8 Å². The highest BCUT2D eigenvalue weighted by atomic mass is 16.4. The normalized spacial score (nSPS) is 17.8. The molecule has 166 valence electrons. The Kier molecular flexibility index (Phi) is 5.33. The first-order valence-electron chi connectivity index (χ1n) is 11.4. The molecule has 1 unspecified atom stereocenters. The molecule has 5 rings (SSSR count). The van der Waals surface area contributed by atoms with Crippen LogP contribution in [0, 0.1) is 0 Å². The van der Waals surface area contributed by atoms with Crippen molar-refractivity contribution in [2.24, 2.45) is 0 Å². The van der Waals surface area contributed by atoms with E-state index in [-0.39, 0.29) is 11.6 Å². The predicted octanol–water partition coefficient (Wildman–Crippen LogP) is 3.82. The average molecular weight is 433 g/mol. The number of hydrogen-bond acceptors (Lipinski definition) is 4. The lowest BCUT2D eigenvalue weighted by molar-refractivity contribution is 0.155. The number of pyridine rings is 1. The SMILES string of the molecule is CCCCc1nc2ccccn2c(=O)c1-c1ccc2c(c1)CCN2C1CCN(C(=O)O)C1. The van der Waals surface area contributed by atoms with E-state index in [2.05, 4.69) is 24.0 Å². The quantitative estimate of drug-likeness (QED) is 0.663. The van der Waals surface area contributed by atoms with E-state index in [1.807, 2.05) is 24.3 Å². The molecule has 7 nitrogen and oxygen atoms in total. The third kappa shape index (κ3) is 3.51. The number of amides is 1. The molecule has 1 amide bonds. The fourth-order valence-electron chi connectivity index (χ4n) is 5.08. The lowest BCUT2D eigenvalue weighted by atomic mass is 9.99. The maximum absolute atomic E-state index is 13.4. The zero-order chi connectivity index (χ0) is 22.2. The van der Waals surface area contributed by atoms with Gasteiger partial charge in [0.1, 0.15) is 5.65 Å². The number of carboxylic acid groups (broad SMARTS) is 1. The molecule has 0 saturated carbocycles. The van der Waals surface area contributed by atoms with E-state index in [4.69, 9.17) is 4.98 Å². The number of hydrogen-bond donors (Lipinski definition) is 1. The van der Waals surface area contributed by atoms with Crippen LogP contribution in [0.3, 0.4) is 0 Å². The average Bonchev–Trinajstić information content (AvgIpc) is 3.44. The summed E-state index contributed by atoms with van der Waals surface area (Å²) in [5.74, 6) is 0. The molecule has 2 aliphatic heterocycles. The number of nitrogens with zero attached hydrogens (tertiary/aromatic N) is 4. The third-order valence-electron chi connectivity index (χ3n) is 6.75. The first kappa shape index (κ1) is 20.5. The Morgan fingerprint density at radius 2 is 2.09 bits per heavy atom. The van der Waals surface area contributed by atoms with E-state index < -0.39 is 6.09 Å². The minimum atomic E-state index is -0.842. The Morgan fingerprint density at radius 1 is 1.22 bits per heavy atom. The highest BCUT2D eigenvalue weighted by Gasteiger charge is 2.33. The molecular formula is C25H28N4O3. The van der Waals surface area contributed by atoms with Crippen molar-refractivity contribution in [2.45, 2.75) is 45.1 Å². The molecule has 0 aliphatic carbocycles. The van der Waals surface area contributed by atoms with Gasteiger partial charge in [0.05, 0.1) is 11.3 Å². The van der Waals surface area contributed by atoms with E-state index in [9.17, 15) is 14.7 Å². The maximum Gasteiger partial charge on any atom is 0.407 e. The fourth-order valence-corrected chi connectivity index (χ4v) is 5.08. The van der Waals surface area contributed by atoms with E-state index >= 15 is 0 Å². The summed E-state index contributed by atoms with van der Waals surface area (Å²) in [5.41, 5.74) is 5.52. The van der Waals surface area contributed by atoms with Crippen LogP contribution in [0.4, 0.5) is 10.5 Å². The second-order valence-corrected chi connectivity index (χ2v) is 8.73. The number of unbranched alkanes of at least 4 members (excludes halogenated alkanes) is 1. The number of aromatic nitrogens is 2. The van der Waals surface area contributed by atoms with Gasteiger partial charge in [-0.2, -0.15) is 0 Å². The Hall–Kier alpha value is -3.35. The molecule has 7 heteroatoms. The monoisotopic (exact) mass is 432 g/mol. The van der Waals surface area contributed by atoms with Crippen molar-refractivity contribution in [3.8, 4) is 11.1 Å². The molecule has 0 radical (unpaired) electrons. The van der Waals surface area contributed by atoms with Crippen LogP contribution in [0.2, 0.25) is 0 Å². The summed E-state index contributed by atoms with van der Waals surface area (Å²) >= 11 is 0. The van der Waals surface area contributed by atoms with E-state index in [1.165, 1.54) is 10.5 Å². The van der Waals surface area contributed by atoms with Crippen LogP contribution < -0.4 is 10.5 Å². The molecule has 1 fully saturated rings. The van der Waals surface area contributed by atoms with Gasteiger partial charge in [-0.15, -0.1) is 0 Å². The molecule has 2 aromatic heterocycles. The van der Waals surface area contributed by atoms with Crippen LogP contribution in [0.15, 0.2) is 47.4 Å². The molecule has 0 bridgehead atoms. The molecule has 0 spiro atoms. The minimum Gasteiger partial charge on any atom is -0.465 e. The fraction of sp³-hybridized carbons (Fsp3) is 0.400. The molecule has 1 N–H and O–H groups in total. The number of fused-ring (bicyclic) bond motifs is 2. The Balaban J connectivity index is 1.52. The Morgan fingerprint density at radius 3 is 2.88 bits per heavy atom. The van der Waals surface area contributed by atoms with Crippen LogP contribution >= 0.6 is 0 Å². The van der Waals surface area contributed by atoms with Gasteiger partial charge in [-0.1, -0.05) is 25.5 Å². The van der Waals surface area contributed by atoms with Crippen molar-refractivity contribution in [2.75, 3.05) is 24.5 Å². The summed E-state index contributed by atoms with van der Waals surface area (Å²) < 4.78 is 1.63. The van der Waals surface area contributed by atoms with Gasteiger partial charge in [0.25, 0.3) is 5.56 Å². The standard InChI is InChI=1S/C25H28N4O3/c1-2-3-6-20-23(24(30)29-12-5-4-7-22(29)26-20)18-8-9-21-17(15-18)10-14-28(21)19-11-13-27(16-19)25(31)32/h4-5,7-9,12,15,19H,2-3,6,10-11,13-14,16H2,1H3,(H,31,32). The van der Waals surface area contributed by atoms with E-state index in [0.717, 1.165) is 55.6 Å². The van der Waals surface area contributed by atoms with Crippen molar-refractivity contribution < 1.29 is 9.90 Å². The zero-order valence-corrected chi connectivity index (χ0v) is 18.3. The van der Waals surface area contributed by atoms with Gasteiger partial charge in [-0.3, -0.25) is 9.20 Å². The zero-order valence-electron chi connectivity index (χ0n) is 18.3. The molecule has 4 heterocycles. The second kappa shape index (κ2) is 8.30. The summed E-state index contributed by atoms with van der Waals surface area (Å²) in [5, 5.41) is 9.29. The molecule has 1 aromatic carbocycles. The van der Waals surface area contributed by atoms with Crippen LogP contribution in [0.5, 0.6) is 0 Å². The van der Waals surface area contributed by atoms with Gasteiger partial charge in [0, 0.05) is 37.6 Å². The van der Waals surface area contributed by atoms with Crippen molar-refractivity contribution in [3.63, 3.8) is 0 Å². The molecule has 1 atom stereocenters. The summed E-state index contributed by atoms with van der Waals surface area (Å²) in [6, 6.07) is 12.1. The van der Waals surface area contributed by atoms with Crippen LogP contribution in [0.1, 0.15) is 37.4 Å². The molecule has 1 saturated heterocycles. The lowest BCUT2D eigenvalue weighted by Crippen LogP contribution is -2.37. The van der Waals surface area contributed by atoms with Gasteiger partial charge >= 0.3 is 6.09 Å². The lowest BCUT2D eigenvalue weighted by Gasteiger charge is -2.27. The Labute approximate surface area is 186 Å². The highest BCUT2D eigenvalue weighted by molar-refractivity contribution is 5.73. The van der Waals surface area contributed by atoms with Crippen molar-refractivity contribution in [1.29, 1.82) is 0 Å². The van der Waals surface area contributed by atoms with Gasteiger partial charge in [0.2, 0.25) is 0 Å². The predicted molar refractivity (Wildman–Crippen MR) is 125 cm³/mol. The minimum absolute atomic E-state index is 0.0237.